The van der Waals surface area contributed by atoms with E-state index in [1.54, 1.807) is 0 Å². The second-order valence-electron chi connectivity index (χ2n) is 7.55. The minimum absolute atomic E-state index is 0.363. The highest BCUT2D eigenvalue weighted by atomic mass is 32.2. The molecule has 3 rings (SSSR count). The second-order valence-corrected chi connectivity index (χ2v) is 10.2. The zero-order valence-electron chi connectivity index (χ0n) is 15.8. The molecule has 0 aliphatic carbocycles. The number of likely N-dealkylation sites (tertiary alicyclic amines) is 1. The SMILES string of the molecule is CN=C(NCC1CCCN(C)C1c1cccs1)NCC1(C)CCCS1. The average molecular weight is 381 g/mol. The van der Waals surface area contributed by atoms with Gasteiger partial charge in [-0.1, -0.05) is 6.07 Å². The van der Waals surface area contributed by atoms with Crippen molar-refractivity contribution in [1.82, 2.24) is 15.5 Å². The molecule has 140 valence electrons. The van der Waals surface area contributed by atoms with Crippen molar-refractivity contribution in [1.29, 1.82) is 0 Å². The van der Waals surface area contributed by atoms with Crippen molar-refractivity contribution < 1.29 is 0 Å². The molecule has 1 aromatic heterocycles. The predicted molar refractivity (Wildman–Crippen MR) is 112 cm³/mol. The molecule has 6 heteroatoms. The first kappa shape index (κ1) is 19.1. The summed E-state index contributed by atoms with van der Waals surface area (Å²) >= 11 is 3.98. The summed E-state index contributed by atoms with van der Waals surface area (Å²) in [7, 11) is 4.14. The third-order valence-electron chi connectivity index (χ3n) is 5.53. The molecule has 0 saturated carbocycles. The second kappa shape index (κ2) is 8.78. The summed E-state index contributed by atoms with van der Waals surface area (Å²) in [6, 6.07) is 4.99. The van der Waals surface area contributed by atoms with Gasteiger partial charge in [-0.15, -0.1) is 11.3 Å². The van der Waals surface area contributed by atoms with Crippen LogP contribution in [0.25, 0.3) is 0 Å². The van der Waals surface area contributed by atoms with Gasteiger partial charge in [0.25, 0.3) is 0 Å². The van der Waals surface area contributed by atoms with E-state index in [4.69, 9.17) is 0 Å². The van der Waals surface area contributed by atoms with Crippen molar-refractivity contribution in [3.8, 4) is 0 Å². The van der Waals surface area contributed by atoms with E-state index in [1.165, 1.54) is 42.9 Å². The molecule has 0 spiro atoms. The summed E-state index contributed by atoms with van der Waals surface area (Å²) in [5.41, 5.74) is 0. The summed E-state index contributed by atoms with van der Waals surface area (Å²) in [5.74, 6) is 2.88. The molecule has 0 amide bonds. The van der Waals surface area contributed by atoms with Crippen LogP contribution in [-0.4, -0.2) is 55.1 Å². The maximum Gasteiger partial charge on any atom is 0.191 e. The first-order valence-electron chi connectivity index (χ1n) is 9.43. The normalized spacial score (nSPS) is 31.2. The Bertz CT molecular complexity index is 552. The van der Waals surface area contributed by atoms with E-state index >= 15 is 0 Å². The Morgan fingerprint density at radius 2 is 2.28 bits per heavy atom. The van der Waals surface area contributed by atoms with Gasteiger partial charge in [-0.2, -0.15) is 11.8 Å². The summed E-state index contributed by atoms with van der Waals surface area (Å²) in [6.45, 7) is 5.54. The van der Waals surface area contributed by atoms with Crippen molar-refractivity contribution in [3.63, 3.8) is 0 Å². The lowest BCUT2D eigenvalue weighted by molar-refractivity contribution is 0.125. The number of aliphatic imine (C=N–C) groups is 1. The molecule has 0 radical (unpaired) electrons. The highest BCUT2D eigenvalue weighted by Crippen LogP contribution is 2.37. The minimum Gasteiger partial charge on any atom is -0.356 e. The van der Waals surface area contributed by atoms with E-state index in [2.05, 4.69) is 63.8 Å². The van der Waals surface area contributed by atoms with Gasteiger partial charge in [0, 0.05) is 35.8 Å². The van der Waals surface area contributed by atoms with Gasteiger partial charge in [-0.3, -0.25) is 9.89 Å². The molecule has 3 heterocycles. The standard InChI is InChI=1S/C19H32N4S2/c1-19(9-6-12-25-19)14-22-18(20-2)21-13-15-7-4-10-23(3)17(15)16-8-5-11-24-16/h5,8,11,15,17H,4,6-7,9-10,12-14H2,1-3H3,(H2,20,21,22). The molecular formula is C19H32N4S2. The van der Waals surface area contributed by atoms with Gasteiger partial charge < -0.3 is 10.6 Å². The maximum atomic E-state index is 4.45. The molecule has 0 bridgehead atoms. The number of nitrogens with zero attached hydrogens (tertiary/aromatic N) is 2. The lowest BCUT2D eigenvalue weighted by atomic mass is 9.88. The first-order valence-corrected chi connectivity index (χ1v) is 11.3. The van der Waals surface area contributed by atoms with Crippen LogP contribution in [-0.2, 0) is 0 Å². The lowest BCUT2D eigenvalue weighted by Crippen LogP contribution is -2.47. The number of nitrogens with one attached hydrogen (secondary N) is 2. The van der Waals surface area contributed by atoms with Gasteiger partial charge in [-0.05, 0) is 69.3 Å². The van der Waals surface area contributed by atoms with Crippen molar-refractivity contribution >= 4 is 29.1 Å². The van der Waals surface area contributed by atoms with Crippen LogP contribution < -0.4 is 10.6 Å². The van der Waals surface area contributed by atoms with E-state index in [1.807, 2.05) is 18.4 Å². The largest absolute Gasteiger partial charge is 0.356 e. The number of guanidine groups is 1. The molecule has 3 unspecified atom stereocenters. The van der Waals surface area contributed by atoms with Gasteiger partial charge in [0.05, 0.1) is 0 Å². The van der Waals surface area contributed by atoms with Crippen molar-refractivity contribution in [2.24, 2.45) is 10.9 Å². The van der Waals surface area contributed by atoms with Crippen molar-refractivity contribution in [2.75, 3.05) is 39.5 Å². The third-order valence-corrected chi connectivity index (χ3v) is 8.01. The minimum atomic E-state index is 0.363. The van der Waals surface area contributed by atoms with Crippen LogP contribution in [0.4, 0.5) is 0 Å². The number of hydrogen-bond acceptors (Lipinski definition) is 4. The zero-order valence-corrected chi connectivity index (χ0v) is 17.4. The van der Waals surface area contributed by atoms with E-state index in [-0.39, 0.29) is 0 Å². The van der Waals surface area contributed by atoms with E-state index in [9.17, 15) is 0 Å². The number of thioether (sulfide) groups is 1. The Hall–Kier alpha value is -0.720. The quantitative estimate of drug-likeness (QED) is 0.605. The summed E-state index contributed by atoms with van der Waals surface area (Å²) in [6.07, 6.45) is 5.21. The highest BCUT2D eigenvalue weighted by Gasteiger charge is 2.32. The van der Waals surface area contributed by atoms with Gasteiger partial charge in [-0.25, -0.2) is 0 Å². The predicted octanol–water partition coefficient (Wildman–Crippen LogP) is 3.58. The number of rotatable bonds is 5. The molecule has 2 N–H and O–H groups in total. The Morgan fingerprint density at radius 3 is 2.96 bits per heavy atom. The van der Waals surface area contributed by atoms with E-state index in [0.29, 0.717) is 16.7 Å². The topological polar surface area (TPSA) is 39.7 Å². The Labute approximate surface area is 160 Å². The Morgan fingerprint density at radius 1 is 1.40 bits per heavy atom. The molecule has 2 aliphatic heterocycles. The highest BCUT2D eigenvalue weighted by molar-refractivity contribution is 8.00. The average Bonchev–Trinajstić information content (AvgIpc) is 3.27. The van der Waals surface area contributed by atoms with Crippen LogP contribution >= 0.6 is 23.1 Å². The van der Waals surface area contributed by atoms with Gasteiger partial charge in [0.15, 0.2) is 5.96 Å². The van der Waals surface area contributed by atoms with Crippen LogP contribution in [0.3, 0.4) is 0 Å². The molecule has 4 nitrogen and oxygen atoms in total. The van der Waals surface area contributed by atoms with Crippen LogP contribution in [0.2, 0.25) is 0 Å². The van der Waals surface area contributed by atoms with Gasteiger partial charge in [0.1, 0.15) is 0 Å². The fourth-order valence-electron chi connectivity index (χ4n) is 4.08. The van der Waals surface area contributed by atoms with E-state index in [0.717, 1.165) is 19.0 Å². The number of hydrogen-bond donors (Lipinski definition) is 2. The van der Waals surface area contributed by atoms with E-state index < -0.39 is 0 Å². The molecule has 2 fully saturated rings. The molecular weight excluding hydrogens is 348 g/mol. The van der Waals surface area contributed by atoms with Gasteiger partial charge >= 0.3 is 0 Å². The van der Waals surface area contributed by atoms with Crippen LogP contribution in [0, 0.1) is 5.92 Å². The summed E-state index contributed by atoms with van der Waals surface area (Å²) < 4.78 is 0.363. The molecule has 3 atom stereocenters. The first-order chi connectivity index (χ1) is 12.1. The van der Waals surface area contributed by atoms with Crippen molar-refractivity contribution in [3.05, 3.63) is 22.4 Å². The Kier molecular flexibility index (Phi) is 6.69. The molecule has 1 aromatic rings. The Balaban J connectivity index is 1.54. The molecule has 25 heavy (non-hydrogen) atoms. The molecule has 0 aromatic carbocycles. The summed E-state index contributed by atoms with van der Waals surface area (Å²) in [4.78, 5) is 8.46. The maximum absolute atomic E-state index is 4.45. The lowest BCUT2D eigenvalue weighted by Gasteiger charge is -2.39. The fraction of sp³-hybridized carbons (Fsp3) is 0.737. The fourth-order valence-corrected chi connectivity index (χ4v) is 6.31. The smallest absolute Gasteiger partial charge is 0.191 e. The summed E-state index contributed by atoms with van der Waals surface area (Å²) in [5, 5.41) is 9.36. The molecule has 2 aliphatic rings. The van der Waals surface area contributed by atoms with Crippen LogP contribution in [0.1, 0.15) is 43.5 Å². The molecule has 2 saturated heterocycles. The number of thiophene rings is 1. The zero-order chi connectivity index (χ0) is 17.7. The third kappa shape index (κ3) is 4.92. The monoisotopic (exact) mass is 380 g/mol. The van der Waals surface area contributed by atoms with Crippen LogP contribution in [0.5, 0.6) is 0 Å². The van der Waals surface area contributed by atoms with Gasteiger partial charge in [0.2, 0.25) is 0 Å². The van der Waals surface area contributed by atoms with Crippen LogP contribution in [0.15, 0.2) is 22.5 Å². The number of piperidine rings is 1. The van der Waals surface area contributed by atoms with Crippen molar-refractivity contribution in [2.45, 2.75) is 43.4 Å².